The summed E-state index contributed by atoms with van der Waals surface area (Å²) in [6.45, 7) is 0.472. The third-order valence-electron chi connectivity index (χ3n) is 6.43. The first-order valence-corrected chi connectivity index (χ1v) is 11.2. The average molecular weight is 488 g/mol. The van der Waals surface area contributed by atoms with E-state index in [2.05, 4.69) is 10.6 Å². The van der Waals surface area contributed by atoms with Gasteiger partial charge >= 0.3 is 6.03 Å². The van der Waals surface area contributed by atoms with Crippen molar-refractivity contribution in [3.8, 4) is 0 Å². The lowest BCUT2D eigenvalue weighted by Gasteiger charge is -2.33. The number of hydrogen-bond donors (Lipinski definition) is 3. The molecule has 5 amide bonds. The van der Waals surface area contributed by atoms with Crippen LogP contribution in [0.15, 0.2) is 36.5 Å². The molecule has 4 rings (SSSR count). The van der Waals surface area contributed by atoms with Gasteiger partial charge in [0.25, 0.3) is 5.91 Å². The second-order valence-electron chi connectivity index (χ2n) is 8.66. The van der Waals surface area contributed by atoms with Gasteiger partial charge in [0.1, 0.15) is 29.4 Å². The fraction of sp³-hybridized carbons (Fsp3) is 0.391. The number of urea groups is 1. The fourth-order valence-electron chi connectivity index (χ4n) is 4.72. The molecular formula is C23H26F2N6O4. The molecule has 186 valence electrons. The normalized spacial score (nSPS) is 21.7. The lowest BCUT2D eigenvalue weighted by atomic mass is 10.1. The van der Waals surface area contributed by atoms with Crippen LogP contribution in [0.3, 0.4) is 0 Å². The summed E-state index contributed by atoms with van der Waals surface area (Å²) in [5, 5.41) is 4.94. The molecule has 0 spiro atoms. The zero-order chi connectivity index (χ0) is 25.3. The maximum absolute atomic E-state index is 14.0. The van der Waals surface area contributed by atoms with E-state index in [1.165, 1.54) is 9.80 Å². The largest absolute Gasteiger partial charge is 0.368 e. The van der Waals surface area contributed by atoms with Gasteiger partial charge in [0.15, 0.2) is 0 Å². The van der Waals surface area contributed by atoms with E-state index >= 15 is 0 Å². The summed E-state index contributed by atoms with van der Waals surface area (Å²) in [4.78, 5) is 54.2. The molecule has 0 bridgehead atoms. The van der Waals surface area contributed by atoms with Crippen molar-refractivity contribution in [1.82, 2.24) is 19.7 Å². The minimum absolute atomic E-state index is 0.172. The van der Waals surface area contributed by atoms with Gasteiger partial charge in [-0.05, 0) is 43.5 Å². The van der Waals surface area contributed by atoms with Gasteiger partial charge < -0.3 is 30.7 Å². The highest BCUT2D eigenvalue weighted by atomic mass is 19.1. The second-order valence-corrected chi connectivity index (χ2v) is 8.66. The number of anilines is 1. The summed E-state index contributed by atoms with van der Waals surface area (Å²) in [6.07, 6.45) is 2.95. The van der Waals surface area contributed by atoms with Gasteiger partial charge in [0, 0.05) is 32.4 Å². The molecule has 0 unspecified atom stereocenters. The molecule has 2 aliphatic heterocycles. The van der Waals surface area contributed by atoms with Crippen LogP contribution in [-0.2, 0) is 16.6 Å². The molecule has 35 heavy (non-hydrogen) atoms. The van der Waals surface area contributed by atoms with Crippen molar-refractivity contribution < 1.29 is 28.0 Å². The van der Waals surface area contributed by atoms with Crippen molar-refractivity contribution in [2.75, 3.05) is 18.4 Å². The molecule has 3 heterocycles. The molecular weight excluding hydrogens is 462 g/mol. The van der Waals surface area contributed by atoms with Gasteiger partial charge in [-0.15, -0.1) is 0 Å². The average Bonchev–Trinajstić information content (AvgIpc) is 3.54. The fourth-order valence-corrected chi connectivity index (χ4v) is 4.72. The SMILES string of the molecule is Cn1cccc1C(=O)N1CC[C@H](NC(=O)Nc2ccc(F)cc2F)[C@H]1C(=O)N1CCC[C@@H]1C(N)=O. The van der Waals surface area contributed by atoms with Gasteiger partial charge in [-0.1, -0.05) is 0 Å². The number of amides is 5. The molecule has 0 radical (unpaired) electrons. The smallest absolute Gasteiger partial charge is 0.319 e. The number of carbonyl (C=O) groups is 4. The Morgan fingerprint density at radius 2 is 1.83 bits per heavy atom. The number of hydrogen-bond acceptors (Lipinski definition) is 4. The molecule has 0 saturated carbocycles. The molecule has 1 aromatic heterocycles. The molecule has 3 atom stereocenters. The number of aromatic nitrogens is 1. The van der Waals surface area contributed by atoms with Crippen molar-refractivity contribution in [2.45, 2.75) is 37.4 Å². The third kappa shape index (κ3) is 4.81. The first-order chi connectivity index (χ1) is 16.7. The van der Waals surface area contributed by atoms with E-state index in [0.29, 0.717) is 31.1 Å². The summed E-state index contributed by atoms with van der Waals surface area (Å²) < 4.78 is 28.8. The summed E-state index contributed by atoms with van der Waals surface area (Å²) in [5.41, 5.74) is 5.60. The topological polar surface area (TPSA) is 130 Å². The number of halogens is 2. The number of nitrogens with one attached hydrogen (secondary N) is 2. The van der Waals surface area contributed by atoms with Crippen LogP contribution in [0.25, 0.3) is 0 Å². The molecule has 0 aliphatic carbocycles. The highest BCUT2D eigenvalue weighted by Crippen LogP contribution is 2.27. The zero-order valence-corrected chi connectivity index (χ0v) is 19.0. The highest BCUT2D eigenvalue weighted by molar-refractivity contribution is 5.99. The number of likely N-dealkylation sites (tertiary alicyclic amines) is 2. The Labute approximate surface area is 200 Å². The van der Waals surface area contributed by atoms with Gasteiger partial charge in [0.2, 0.25) is 11.8 Å². The van der Waals surface area contributed by atoms with E-state index in [1.54, 1.807) is 29.9 Å². The molecule has 4 N–H and O–H groups in total. The van der Waals surface area contributed by atoms with Crippen molar-refractivity contribution in [2.24, 2.45) is 12.8 Å². The number of benzene rings is 1. The molecule has 1 aromatic carbocycles. The van der Waals surface area contributed by atoms with Crippen molar-refractivity contribution >= 4 is 29.4 Å². The standard InChI is InChI=1S/C23H26F2N6O4/c1-29-9-2-5-18(29)21(33)31-11-8-16(19(31)22(34)30-10-3-4-17(30)20(26)32)28-23(35)27-15-7-6-13(24)12-14(15)25/h2,5-7,9,12,16-17,19H,3-4,8,10-11H2,1H3,(H2,26,32)(H2,27,28,35)/t16-,17+,19-/m0/s1. The first kappa shape index (κ1) is 24.2. The van der Waals surface area contributed by atoms with Crippen molar-refractivity contribution in [3.63, 3.8) is 0 Å². The number of rotatable bonds is 5. The number of nitrogens with zero attached hydrogens (tertiary/aromatic N) is 3. The summed E-state index contributed by atoms with van der Waals surface area (Å²) in [6, 6.07) is 2.51. The van der Waals surface area contributed by atoms with Crippen LogP contribution in [0, 0.1) is 11.6 Å². The zero-order valence-electron chi connectivity index (χ0n) is 19.0. The maximum atomic E-state index is 14.0. The Hall–Kier alpha value is -3.96. The second kappa shape index (κ2) is 9.72. The van der Waals surface area contributed by atoms with Crippen molar-refractivity contribution in [3.05, 3.63) is 53.9 Å². The Balaban J connectivity index is 1.58. The van der Waals surface area contributed by atoms with Crippen LogP contribution < -0.4 is 16.4 Å². The van der Waals surface area contributed by atoms with Crippen LogP contribution in [0.5, 0.6) is 0 Å². The van der Waals surface area contributed by atoms with E-state index in [4.69, 9.17) is 5.73 Å². The van der Waals surface area contributed by atoms with Crippen LogP contribution in [0.4, 0.5) is 19.3 Å². The lowest BCUT2D eigenvalue weighted by molar-refractivity contribution is -0.140. The van der Waals surface area contributed by atoms with E-state index in [-0.39, 0.29) is 18.7 Å². The predicted molar refractivity (Wildman–Crippen MR) is 121 cm³/mol. The van der Waals surface area contributed by atoms with Gasteiger partial charge in [-0.3, -0.25) is 14.4 Å². The minimum atomic E-state index is -1.10. The molecule has 10 nitrogen and oxygen atoms in total. The van der Waals surface area contributed by atoms with E-state index in [1.807, 2.05) is 0 Å². The van der Waals surface area contributed by atoms with E-state index < -0.39 is 53.5 Å². The van der Waals surface area contributed by atoms with E-state index in [0.717, 1.165) is 12.1 Å². The Morgan fingerprint density at radius 3 is 2.49 bits per heavy atom. The first-order valence-electron chi connectivity index (χ1n) is 11.2. The van der Waals surface area contributed by atoms with Gasteiger partial charge in [-0.2, -0.15) is 0 Å². The number of carbonyl (C=O) groups excluding carboxylic acids is 4. The maximum Gasteiger partial charge on any atom is 0.319 e. The summed E-state index contributed by atoms with van der Waals surface area (Å²) in [5.74, 6) is -3.28. The van der Waals surface area contributed by atoms with E-state index in [9.17, 15) is 28.0 Å². The highest BCUT2D eigenvalue weighted by Gasteiger charge is 2.47. The number of primary amides is 1. The molecule has 12 heteroatoms. The van der Waals surface area contributed by atoms with Gasteiger partial charge in [0.05, 0.1) is 11.7 Å². The Morgan fingerprint density at radius 1 is 1.06 bits per heavy atom. The number of nitrogens with two attached hydrogens (primary N) is 1. The molecule has 2 aromatic rings. The van der Waals surface area contributed by atoms with Crippen LogP contribution in [0.2, 0.25) is 0 Å². The lowest BCUT2D eigenvalue weighted by Crippen LogP contribution is -2.58. The minimum Gasteiger partial charge on any atom is -0.368 e. The predicted octanol–water partition coefficient (Wildman–Crippen LogP) is 1.18. The Kier molecular flexibility index (Phi) is 6.72. The third-order valence-corrected chi connectivity index (χ3v) is 6.43. The molecule has 2 saturated heterocycles. The monoisotopic (exact) mass is 488 g/mol. The van der Waals surface area contributed by atoms with Gasteiger partial charge in [-0.25, -0.2) is 13.6 Å². The van der Waals surface area contributed by atoms with Crippen LogP contribution in [0.1, 0.15) is 29.8 Å². The quantitative estimate of drug-likeness (QED) is 0.584. The molecule has 2 aliphatic rings. The summed E-state index contributed by atoms with van der Waals surface area (Å²) >= 11 is 0. The number of aryl methyl sites for hydroxylation is 1. The summed E-state index contributed by atoms with van der Waals surface area (Å²) in [7, 11) is 1.70. The van der Waals surface area contributed by atoms with Crippen LogP contribution in [-0.4, -0.2) is 69.3 Å². The van der Waals surface area contributed by atoms with Crippen LogP contribution >= 0.6 is 0 Å². The van der Waals surface area contributed by atoms with Crippen molar-refractivity contribution in [1.29, 1.82) is 0 Å². The Bertz CT molecular complexity index is 1170. The molecule has 2 fully saturated rings.